The number of nitrogens with zero attached hydrogens (tertiary/aromatic N) is 3. The lowest BCUT2D eigenvalue weighted by atomic mass is 9.86. The zero-order chi connectivity index (χ0) is 25.1. The van der Waals surface area contributed by atoms with Gasteiger partial charge in [-0.1, -0.05) is 59.8 Å². The lowest BCUT2D eigenvalue weighted by molar-refractivity contribution is -0.129. The Morgan fingerprint density at radius 2 is 1.83 bits per heavy atom. The first kappa shape index (κ1) is 24.1. The first-order valence-corrected chi connectivity index (χ1v) is 12.9. The van der Waals surface area contributed by atoms with Crippen molar-refractivity contribution in [1.82, 2.24) is 4.90 Å². The van der Waals surface area contributed by atoms with E-state index in [2.05, 4.69) is 11.0 Å². The van der Waals surface area contributed by atoms with Crippen molar-refractivity contribution in [2.24, 2.45) is 0 Å². The van der Waals surface area contributed by atoms with Gasteiger partial charge in [-0.2, -0.15) is 5.26 Å². The Bertz CT molecular complexity index is 1340. The molecule has 36 heavy (non-hydrogen) atoms. The number of carbonyl (C=O) groups excluding carboxylic acids is 1. The molecule has 3 aromatic rings. The monoisotopic (exact) mass is 517 g/mol. The van der Waals surface area contributed by atoms with Gasteiger partial charge in [0.25, 0.3) is 0 Å². The number of nitriles is 1. The number of para-hydroxylation sites is 2. The molecule has 0 spiro atoms. The highest BCUT2D eigenvalue weighted by Crippen LogP contribution is 2.44. The maximum absolute atomic E-state index is 13.2. The van der Waals surface area contributed by atoms with Crippen LogP contribution in [0.2, 0.25) is 5.02 Å². The number of fused-ring (bicyclic) bond motifs is 1. The van der Waals surface area contributed by atoms with Crippen LogP contribution in [-0.2, 0) is 11.4 Å². The highest BCUT2D eigenvalue weighted by atomic mass is 35.5. The number of anilines is 1. The van der Waals surface area contributed by atoms with Crippen molar-refractivity contribution in [3.8, 4) is 17.6 Å². The molecule has 8 heteroatoms. The second-order valence-corrected chi connectivity index (χ2v) is 9.89. The Kier molecular flexibility index (Phi) is 7.08. The summed E-state index contributed by atoms with van der Waals surface area (Å²) < 4.78 is 11.4. The van der Waals surface area contributed by atoms with Crippen LogP contribution in [0.3, 0.4) is 0 Å². The first-order chi connectivity index (χ1) is 17.6. The molecule has 1 amide bonds. The van der Waals surface area contributed by atoms with Crippen LogP contribution in [0.1, 0.15) is 23.5 Å². The van der Waals surface area contributed by atoms with Crippen molar-refractivity contribution in [1.29, 1.82) is 5.26 Å². The van der Waals surface area contributed by atoms with Crippen molar-refractivity contribution in [2.75, 3.05) is 24.6 Å². The minimum Gasteiger partial charge on any atom is -0.495 e. The van der Waals surface area contributed by atoms with Crippen LogP contribution in [0.5, 0.6) is 11.5 Å². The Morgan fingerprint density at radius 3 is 2.56 bits per heavy atom. The van der Waals surface area contributed by atoms with Crippen LogP contribution in [0, 0.1) is 11.3 Å². The number of benzene rings is 3. The van der Waals surface area contributed by atoms with Gasteiger partial charge in [-0.05, 0) is 47.5 Å². The van der Waals surface area contributed by atoms with E-state index in [9.17, 15) is 10.1 Å². The van der Waals surface area contributed by atoms with Crippen LogP contribution >= 0.6 is 23.4 Å². The second-order valence-electron chi connectivity index (χ2n) is 8.52. The van der Waals surface area contributed by atoms with Crippen LogP contribution in [0.15, 0.2) is 83.4 Å². The van der Waals surface area contributed by atoms with E-state index in [0.29, 0.717) is 29.7 Å². The van der Waals surface area contributed by atoms with Gasteiger partial charge >= 0.3 is 0 Å². The average Bonchev–Trinajstić information content (AvgIpc) is 2.93. The van der Waals surface area contributed by atoms with E-state index in [1.807, 2.05) is 72.8 Å². The molecule has 0 aliphatic carbocycles. The van der Waals surface area contributed by atoms with Crippen molar-refractivity contribution >= 4 is 35.0 Å². The summed E-state index contributed by atoms with van der Waals surface area (Å²) in [6.45, 7) is 0.817. The Labute approximate surface area is 219 Å². The lowest BCUT2D eigenvalue weighted by Crippen LogP contribution is -2.47. The molecule has 0 N–H and O–H groups in total. The summed E-state index contributed by atoms with van der Waals surface area (Å²) in [4.78, 5) is 17.0. The van der Waals surface area contributed by atoms with E-state index < -0.39 is 0 Å². The summed E-state index contributed by atoms with van der Waals surface area (Å²) in [7, 11) is 1.64. The van der Waals surface area contributed by atoms with Crippen molar-refractivity contribution < 1.29 is 14.3 Å². The minimum atomic E-state index is -0.274. The van der Waals surface area contributed by atoms with Gasteiger partial charge < -0.3 is 14.4 Å². The Hall–Kier alpha value is -3.60. The fourth-order valence-electron chi connectivity index (χ4n) is 4.43. The third-order valence-corrected chi connectivity index (χ3v) is 7.73. The third kappa shape index (κ3) is 4.88. The SMILES string of the molecule is COc1ccccc1N1CSC2=C(C#N)[C@H](c3ccc(OCc4ccc(Cl)cc4)cc3)CC(=O)N2C1. The first-order valence-electron chi connectivity index (χ1n) is 11.5. The Balaban J connectivity index is 1.33. The molecule has 0 saturated carbocycles. The van der Waals surface area contributed by atoms with Crippen molar-refractivity contribution in [3.05, 3.63) is 99.5 Å². The van der Waals surface area contributed by atoms with E-state index in [1.165, 1.54) is 11.8 Å². The number of methoxy groups -OCH3 is 1. The standard InChI is InChI=1S/C28H24ClN3O3S/c1-34-26-5-3-2-4-25(26)31-17-32-27(33)14-23(24(15-30)28(32)36-18-31)20-8-12-22(13-9-20)35-16-19-6-10-21(29)11-7-19/h2-13,23H,14,16-18H2,1H3/t23-/m0/s1. The maximum atomic E-state index is 13.2. The van der Waals surface area contributed by atoms with Crippen LogP contribution in [-0.4, -0.2) is 30.5 Å². The molecule has 0 bridgehead atoms. The molecule has 2 heterocycles. The number of rotatable bonds is 6. The van der Waals surface area contributed by atoms with Gasteiger partial charge in [0.05, 0.1) is 42.0 Å². The molecule has 182 valence electrons. The summed E-state index contributed by atoms with van der Waals surface area (Å²) in [5.41, 5.74) is 3.51. The van der Waals surface area contributed by atoms with Gasteiger partial charge in [-0.25, -0.2) is 0 Å². The number of halogens is 1. The number of ether oxygens (including phenoxy) is 2. The lowest BCUT2D eigenvalue weighted by Gasteiger charge is -2.42. The van der Waals surface area contributed by atoms with Gasteiger partial charge in [-0.3, -0.25) is 9.69 Å². The maximum Gasteiger partial charge on any atom is 0.229 e. The van der Waals surface area contributed by atoms with Crippen LogP contribution < -0.4 is 14.4 Å². The van der Waals surface area contributed by atoms with E-state index in [-0.39, 0.29) is 18.2 Å². The molecule has 0 radical (unpaired) electrons. The number of allylic oxidation sites excluding steroid dienone is 1. The summed E-state index contributed by atoms with van der Waals surface area (Å²) >= 11 is 7.45. The van der Waals surface area contributed by atoms with Crippen LogP contribution in [0.25, 0.3) is 0 Å². The predicted octanol–water partition coefficient (Wildman–Crippen LogP) is 6.15. The normalized spacial score (nSPS) is 17.5. The average molecular weight is 518 g/mol. The fourth-order valence-corrected chi connectivity index (χ4v) is 5.72. The molecule has 3 aromatic carbocycles. The molecule has 5 rings (SSSR count). The zero-order valence-corrected chi connectivity index (χ0v) is 21.3. The van der Waals surface area contributed by atoms with Crippen molar-refractivity contribution in [2.45, 2.75) is 18.9 Å². The molecule has 0 unspecified atom stereocenters. The number of carbonyl (C=O) groups is 1. The quantitative estimate of drug-likeness (QED) is 0.391. The van der Waals surface area contributed by atoms with E-state index in [1.54, 1.807) is 12.0 Å². The molecule has 0 aromatic heterocycles. The highest BCUT2D eigenvalue weighted by molar-refractivity contribution is 8.03. The molecule has 1 atom stereocenters. The number of amides is 1. The zero-order valence-electron chi connectivity index (χ0n) is 19.7. The van der Waals surface area contributed by atoms with Gasteiger partial charge in [0.1, 0.15) is 18.1 Å². The van der Waals surface area contributed by atoms with E-state index in [0.717, 1.165) is 33.3 Å². The second kappa shape index (κ2) is 10.6. The van der Waals surface area contributed by atoms with Crippen molar-refractivity contribution in [3.63, 3.8) is 0 Å². The fraction of sp³-hybridized carbons (Fsp3) is 0.214. The van der Waals surface area contributed by atoms with Gasteiger partial charge in [0.15, 0.2) is 0 Å². The molecule has 2 aliphatic heterocycles. The highest BCUT2D eigenvalue weighted by Gasteiger charge is 2.38. The number of hydrogen-bond acceptors (Lipinski definition) is 6. The molecule has 6 nitrogen and oxygen atoms in total. The molecule has 1 fully saturated rings. The summed E-state index contributed by atoms with van der Waals surface area (Å²) in [5.74, 6) is 1.83. The smallest absolute Gasteiger partial charge is 0.229 e. The van der Waals surface area contributed by atoms with E-state index >= 15 is 0 Å². The predicted molar refractivity (Wildman–Crippen MR) is 142 cm³/mol. The largest absolute Gasteiger partial charge is 0.495 e. The molecular formula is C28H24ClN3O3S. The third-order valence-electron chi connectivity index (χ3n) is 6.32. The van der Waals surface area contributed by atoms with Gasteiger partial charge in [0, 0.05) is 17.4 Å². The number of thioether (sulfide) groups is 1. The number of hydrogen-bond donors (Lipinski definition) is 0. The minimum absolute atomic E-state index is 0.00385. The van der Waals surface area contributed by atoms with Crippen LogP contribution in [0.4, 0.5) is 5.69 Å². The van der Waals surface area contributed by atoms with Gasteiger partial charge in [-0.15, -0.1) is 0 Å². The topological polar surface area (TPSA) is 65.8 Å². The summed E-state index contributed by atoms with van der Waals surface area (Å²) in [6.07, 6.45) is 0.248. The van der Waals surface area contributed by atoms with E-state index in [4.69, 9.17) is 21.1 Å². The molecular weight excluding hydrogens is 494 g/mol. The summed E-state index contributed by atoms with van der Waals surface area (Å²) in [6, 6.07) is 25.3. The van der Waals surface area contributed by atoms with Gasteiger partial charge in [0.2, 0.25) is 5.91 Å². The summed E-state index contributed by atoms with van der Waals surface area (Å²) in [5, 5.41) is 11.5. The molecule has 2 aliphatic rings. The Morgan fingerprint density at radius 1 is 1.08 bits per heavy atom. The molecule has 1 saturated heterocycles.